The van der Waals surface area contributed by atoms with E-state index in [2.05, 4.69) is 5.10 Å². The molecule has 0 aliphatic carbocycles. The van der Waals surface area contributed by atoms with Crippen LogP contribution in [0.15, 0.2) is 12.1 Å². The van der Waals surface area contributed by atoms with Gasteiger partial charge in [-0.05, 0) is 19.1 Å². The fourth-order valence-electron chi connectivity index (χ4n) is 1.86. The number of nitrogens with two attached hydrogens (primary N) is 1. The Kier molecular flexibility index (Phi) is 3.96. The molecule has 1 heterocycles. The summed E-state index contributed by atoms with van der Waals surface area (Å²) in [5.41, 5.74) is 3.92. The molecule has 1 aromatic heterocycles. The number of nitrogens with zero attached hydrogens (tertiary/aromatic N) is 3. The maximum Gasteiger partial charge on any atom is 0.416 e. The average Bonchev–Trinajstić information content (AvgIpc) is 2.62. The van der Waals surface area contributed by atoms with E-state index in [-0.39, 0.29) is 27.2 Å². The highest BCUT2D eigenvalue weighted by Gasteiger charge is 2.33. The monoisotopic (exact) mass is 354 g/mol. The van der Waals surface area contributed by atoms with E-state index in [0.717, 1.165) is 4.68 Å². The number of aromatic nitrogens is 2. The van der Waals surface area contributed by atoms with Crippen molar-refractivity contribution in [3.05, 3.63) is 43.5 Å². The highest BCUT2D eigenvalue weighted by molar-refractivity contribution is 6.38. The Labute approximate surface area is 131 Å². The number of nitrogen functional groups attached to an aromatic ring is 1. The third kappa shape index (κ3) is 2.69. The maximum atomic E-state index is 12.7. The quantitative estimate of drug-likeness (QED) is 0.652. The minimum absolute atomic E-state index is 0.0190. The van der Waals surface area contributed by atoms with Gasteiger partial charge in [-0.25, -0.2) is 4.68 Å². The number of hydrogen-bond donors (Lipinski definition) is 1. The van der Waals surface area contributed by atoms with Gasteiger partial charge in [-0.3, -0.25) is 10.1 Å². The number of aryl methyl sites for hydroxylation is 1. The molecule has 1 aromatic carbocycles. The van der Waals surface area contributed by atoms with Crippen molar-refractivity contribution in [2.75, 3.05) is 5.73 Å². The van der Waals surface area contributed by atoms with Gasteiger partial charge in [0.1, 0.15) is 11.4 Å². The van der Waals surface area contributed by atoms with Crippen molar-refractivity contribution in [1.29, 1.82) is 0 Å². The van der Waals surface area contributed by atoms with Crippen molar-refractivity contribution in [3.63, 3.8) is 0 Å². The lowest BCUT2D eigenvalue weighted by atomic mass is 10.2. The molecule has 2 N–H and O–H groups in total. The topological polar surface area (TPSA) is 87.0 Å². The minimum atomic E-state index is -4.64. The van der Waals surface area contributed by atoms with Crippen molar-refractivity contribution in [2.45, 2.75) is 13.1 Å². The zero-order chi connectivity index (χ0) is 16.8. The van der Waals surface area contributed by atoms with Crippen LogP contribution in [-0.4, -0.2) is 14.7 Å². The highest BCUT2D eigenvalue weighted by Crippen LogP contribution is 2.39. The first-order valence-corrected chi connectivity index (χ1v) is 6.35. The minimum Gasteiger partial charge on any atom is -0.378 e. The van der Waals surface area contributed by atoms with Gasteiger partial charge in [0, 0.05) is 0 Å². The molecule has 0 aliphatic heterocycles. The largest absolute Gasteiger partial charge is 0.416 e. The first-order valence-electron chi connectivity index (χ1n) is 5.60. The lowest BCUT2D eigenvalue weighted by Gasteiger charge is -2.12. The molecular formula is C11H7Cl2F3N4O2. The number of alkyl halides is 3. The fourth-order valence-corrected chi connectivity index (χ4v) is 2.51. The van der Waals surface area contributed by atoms with Crippen LogP contribution in [0.25, 0.3) is 5.69 Å². The van der Waals surface area contributed by atoms with Crippen LogP contribution in [0.4, 0.5) is 24.7 Å². The van der Waals surface area contributed by atoms with E-state index in [1.165, 1.54) is 6.92 Å². The summed E-state index contributed by atoms with van der Waals surface area (Å²) in [5.74, 6) is -0.383. The predicted molar refractivity (Wildman–Crippen MR) is 74.4 cm³/mol. The first-order chi connectivity index (χ1) is 10.0. The number of nitro groups is 1. The van der Waals surface area contributed by atoms with Gasteiger partial charge in [-0.15, -0.1) is 0 Å². The Hall–Kier alpha value is -2.00. The maximum absolute atomic E-state index is 12.7. The van der Waals surface area contributed by atoms with E-state index in [0.29, 0.717) is 12.1 Å². The van der Waals surface area contributed by atoms with Crippen molar-refractivity contribution >= 4 is 34.7 Å². The number of halogens is 5. The van der Waals surface area contributed by atoms with E-state index in [1.807, 2.05) is 0 Å². The predicted octanol–water partition coefficient (Wildman–Crippen LogP) is 4.00. The van der Waals surface area contributed by atoms with Crippen LogP contribution in [-0.2, 0) is 6.18 Å². The second kappa shape index (κ2) is 5.33. The number of anilines is 1. The molecular weight excluding hydrogens is 348 g/mol. The van der Waals surface area contributed by atoms with Gasteiger partial charge in [0.25, 0.3) is 0 Å². The first kappa shape index (κ1) is 16.4. The molecule has 11 heteroatoms. The molecule has 22 heavy (non-hydrogen) atoms. The summed E-state index contributed by atoms with van der Waals surface area (Å²) < 4.78 is 38.9. The van der Waals surface area contributed by atoms with Crippen molar-refractivity contribution in [2.24, 2.45) is 0 Å². The van der Waals surface area contributed by atoms with Gasteiger partial charge in [-0.2, -0.15) is 18.3 Å². The second-order valence-electron chi connectivity index (χ2n) is 4.27. The summed E-state index contributed by atoms with van der Waals surface area (Å²) in [7, 11) is 0. The van der Waals surface area contributed by atoms with E-state index in [1.54, 1.807) is 0 Å². The summed E-state index contributed by atoms with van der Waals surface area (Å²) in [6.45, 7) is 1.33. The summed E-state index contributed by atoms with van der Waals surface area (Å²) in [6.07, 6.45) is -4.64. The molecule has 0 saturated carbocycles. The molecule has 0 radical (unpaired) electrons. The van der Waals surface area contributed by atoms with Gasteiger partial charge in [-0.1, -0.05) is 23.2 Å². The lowest BCUT2D eigenvalue weighted by molar-refractivity contribution is -0.384. The normalized spacial score (nSPS) is 11.7. The molecule has 0 bridgehead atoms. The third-order valence-corrected chi connectivity index (χ3v) is 3.38. The van der Waals surface area contributed by atoms with Gasteiger partial charge < -0.3 is 5.73 Å². The summed E-state index contributed by atoms with van der Waals surface area (Å²) in [5, 5.41) is 13.9. The molecule has 0 spiro atoms. The van der Waals surface area contributed by atoms with Crippen LogP contribution >= 0.6 is 23.2 Å². The molecule has 2 rings (SSSR count). The Morgan fingerprint density at radius 3 is 2.18 bits per heavy atom. The van der Waals surface area contributed by atoms with Crippen LogP contribution < -0.4 is 5.73 Å². The molecule has 2 aromatic rings. The smallest absolute Gasteiger partial charge is 0.378 e. The van der Waals surface area contributed by atoms with Crippen LogP contribution in [0.1, 0.15) is 11.3 Å². The second-order valence-corrected chi connectivity index (χ2v) is 5.09. The summed E-state index contributed by atoms with van der Waals surface area (Å²) in [6, 6.07) is 1.29. The van der Waals surface area contributed by atoms with Gasteiger partial charge in [0.05, 0.1) is 20.5 Å². The highest BCUT2D eigenvalue weighted by atomic mass is 35.5. The Bertz CT molecular complexity index is 750. The molecule has 118 valence electrons. The molecule has 6 nitrogen and oxygen atoms in total. The van der Waals surface area contributed by atoms with Crippen LogP contribution in [0.3, 0.4) is 0 Å². The van der Waals surface area contributed by atoms with Crippen molar-refractivity contribution < 1.29 is 18.1 Å². The van der Waals surface area contributed by atoms with Gasteiger partial charge >= 0.3 is 11.9 Å². The van der Waals surface area contributed by atoms with E-state index < -0.39 is 22.4 Å². The average molecular weight is 355 g/mol. The van der Waals surface area contributed by atoms with Crippen molar-refractivity contribution in [1.82, 2.24) is 9.78 Å². The Balaban J connectivity index is 2.70. The van der Waals surface area contributed by atoms with Gasteiger partial charge in [0.2, 0.25) is 5.82 Å². The zero-order valence-corrected chi connectivity index (χ0v) is 12.3. The SMILES string of the molecule is Cc1nn(-c2c(Cl)cc(C(F)(F)F)cc2Cl)c(N)c1[N+](=O)[O-]. The van der Waals surface area contributed by atoms with Crippen LogP contribution in [0.5, 0.6) is 0 Å². The number of benzene rings is 1. The van der Waals surface area contributed by atoms with Crippen LogP contribution in [0, 0.1) is 17.0 Å². The molecule has 0 fully saturated rings. The van der Waals surface area contributed by atoms with Crippen molar-refractivity contribution in [3.8, 4) is 5.69 Å². The Morgan fingerprint density at radius 1 is 1.32 bits per heavy atom. The lowest BCUT2D eigenvalue weighted by Crippen LogP contribution is -2.08. The summed E-state index contributed by atoms with van der Waals surface area (Å²) >= 11 is 11.6. The zero-order valence-electron chi connectivity index (χ0n) is 10.8. The molecule has 0 unspecified atom stereocenters. The number of hydrogen-bond acceptors (Lipinski definition) is 4. The fraction of sp³-hybridized carbons (Fsp3) is 0.182. The molecule has 0 atom stereocenters. The van der Waals surface area contributed by atoms with Gasteiger partial charge in [0.15, 0.2) is 0 Å². The summed E-state index contributed by atoms with van der Waals surface area (Å²) in [4.78, 5) is 10.2. The third-order valence-electron chi connectivity index (χ3n) is 2.80. The molecule has 0 saturated heterocycles. The van der Waals surface area contributed by atoms with E-state index in [4.69, 9.17) is 28.9 Å². The van der Waals surface area contributed by atoms with E-state index >= 15 is 0 Å². The van der Waals surface area contributed by atoms with Crippen LogP contribution in [0.2, 0.25) is 10.0 Å². The molecule has 0 amide bonds. The van der Waals surface area contributed by atoms with E-state index in [9.17, 15) is 23.3 Å². The molecule has 0 aliphatic rings. The Morgan fingerprint density at radius 2 is 1.82 bits per heavy atom. The standard InChI is InChI=1S/C11H7Cl2F3N4O2/c1-4-8(20(21)22)10(17)19(18-4)9-6(12)2-5(3-7(9)13)11(14,15)16/h2-3H,17H2,1H3. The number of rotatable bonds is 2.